The number of furan rings is 1. The summed E-state index contributed by atoms with van der Waals surface area (Å²) in [6.07, 6.45) is 3.18. The van der Waals surface area contributed by atoms with Crippen molar-refractivity contribution in [1.29, 1.82) is 0 Å². The van der Waals surface area contributed by atoms with Gasteiger partial charge in [0.2, 0.25) is 5.88 Å². The number of hydrogen-bond acceptors (Lipinski definition) is 4. The van der Waals surface area contributed by atoms with Gasteiger partial charge in [-0.2, -0.15) is 0 Å². The van der Waals surface area contributed by atoms with Gasteiger partial charge in [0.25, 0.3) is 5.91 Å². The fraction of sp³-hybridized carbons (Fsp3) is 0.111. The van der Waals surface area contributed by atoms with E-state index in [4.69, 9.17) is 9.15 Å². The second-order valence-corrected chi connectivity index (χ2v) is 5.01. The van der Waals surface area contributed by atoms with Crippen LogP contribution in [0.2, 0.25) is 0 Å². The number of rotatable bonds is 5. The number of pyridine rings is 1. The predicted molar refractivity (Wildman–Crippen MR) is 85.3 cm³/mol. The van der Waals surface area contributed by atoms with Crippen LogP contribution in [0, 0.1) is 0 Å². The molecule has 3 aromatic rings. The van der Waals surface area contributed by atoms with Crippen molar-refractivity contribution in [3.63, 3.8) is 0 Å². The number of aromatic nitrogens is 1. The fourth-order valence-corrected chi connectivity index (χ4v) is 2.15. The van der Waals surface area contributed by atoms with Gasteiger partial charge in [-0.3, -0.25) is 4.79 Å². The lowest BCUT2D eigenvalue weighted by Gasteiger charge is -2.17. The van der Waals surface area contributed by atoms with Crippen molar-refractivity contribution in [3.8, 4) is 11.6 Å². The van der Waals surface area contributed by atoms with E-state index >= 15 is 0 Å². The summed E-state index contributed by atoms with van der Waals surface area (Å²) >= 11 is 0. The van der Waals surface area contributed by atoms with E-state index in [1.807, 2.05) is 36.4 Å². The Labute approximate surface area is 134 Å². The van der Waals surface area contributed by atoms with Crippen molar-refractivity contribution in [2.75, 3.05) is 7.05 Å². The molecule has 23 heavy (non-hydrogen) atoms. The molecule has 2 aromatic heterocycles. The molecule has 3 rings (SSSR count). The van der Waals surface area contributed by atoms with Crippen LogP contribution in [0.1, 0.15) is 16.1 Å². The minimum Gasteiger partial charge on any atom is -0.467 e. The number of amides is 1. The highest BCUT2D eigenvalue weighted by atomic mass is 16.5. The highest BCUT2D eigenvalue weighted by molar-refractivity contribution is 5.96. The van der Waals surface area contributed by atoms with Crippen LogP contribution in [0.5, 0.6) is 11.6 Å². The van der Waals surface area contributed by atoms with Crippen molar-refractivity contribution < 1.29 is 13.9 Å². The smallest absolute Gasteiger partial charge is 0.259 e. The molecule has 116 valence electrons. The third kappa shape index (κ3) is 3.58. The summed E-state index contributed by atoms with van der Waals surface area (Å²) in [6, 6.07) is 16.3. The summed E-state index contributed by atoms with van der Waals surface area (Å²) in [7, 11) is 1.71. The van der Waals surface area contributed by atoms with Gasteiger partial charge in [0, 0.05) is 13.2 Å². The van der Waals surface area contributed by atoms with E-state index < -0.39 is 0 Å². The maximum absolute atomic E-state index is 12.6. The van der Waals surface area contributed by atoms with Gasteiger partial charge in [-0.15, -0.1) is 0 Å². The van der Waals surface area contributed by atoms with E-state index in [0.717, 1.165) is 5.76 Å². The molecule has 5 nitrogen and oxygen atoms in total. The van der Waals surface area contributed by atoms with E-state index in [-0.39, 0.29) is 11.8 Å². The Morgan fingerprint density at radius 3 is 2.70 bits per heavy atom. The van der Waals surface area contributed by atoms with Crippen LogP contribution in [0.25, 0.3) is 0 Å². The zero-order valence-corrected chi connectivity index (χ0v) is 12.7. The van der Waals surface area contributed by atoms with Gasteiger partial charge in [0.15, 0.2) is 0 Å². The van der Waals surface area contributed by atoms with Gasteiger partial charge in [0.05, 0.1) is 12.8 Å². The molecule has 0 aliphatic rings. The van der Waals surface area contributed by atoms with E-state index in [9.17, 15) is 4.79 Å². The van der Waals surface area contributed by atoms with Crippen LogP contribution >= 0.6 is 0 Å². The number of para-hydroxylation sites is 1. The summed E-state index contributed by atoms with van der Waals surface area (Å²) in [6.45, 7) is 0.380. The molecule has 0 fully saturated rings. The van der Waals surface area contributed by atoms with Crippen molar-refractivity contribution in [2.45, 2.75) is 6.54 Å². The molecule has 0 atom stereocenters. The zero-order chi connectivity index (χ0) is 16.1. The molecule has 0 N–H and O–H groups in total. The Bertz CT molecular complexity index is 770. The molecule has 0 aliphatic carbocycles. The first-order valence-corrected chi connectivity index (χ1v) is 7.20. The number of carbonyl (C=O) groups is 1. The molecule has 1 aromatic carbocycles. The lowest BCUT2D eigenvalue weighted by atomic mass is 10.2. The maximum Gasteiger partial charge on any atom is 0.259 e. The summed E-state index contributed by atoms with van der Waals surface area (Å²) < 4.78 is 11.0. The topological polar surface area (TPSA) is 55.6 Å². The highest BCUT2D eigenvalue weighted by Crippen LogP contribution is 2.23. The molecule has 0 unspecified atom stereocenters. The van der Waals surface area contributed by atoms with Gasteiger partial charge in [-0.25, -0.2) is 4.98 Å². The number of benzene rings is 1. The number of ether oxygens (including phenoxy) is 1. The van der Waals surface area contributed by atoms with Gasteiger partial charge >= 0.3 is 0 Å². The van der Waals surface area contributed by atoms with Crippen LogP contribution in [0.4, 0.5) is 0 Å². The Kier molecular flexibility index (Phi) is 4.38. The first-order chi connectivity index (χ1) is 11.2. The van der Waals surface area contributed by atoms with E-state index in [2.05, 4.69) is 4.98 Å². The van der Waals surface area contributed by atoms with Gasteiger partial charge in [0.1, 0.15) is 17.1 Å². The monoisotopic (exact) mass is 308 g/mol. The summed E-state index contributed by atoms with van der Waals surface area (Å²) in [5.74, 6) is 1.46. The van der Waals surface area contributed by atoms with Crippen molar-refractivity contribution >= 4 is 5.91 Å². The maximum atomic E-state index is 12.6. The third-order valence-corrected chi connectivity index (χ3v) is 3.28. The quantitative estimate of drug-likeness (QED) is 0.720. The predicted octanol–water partition coefficient (Wildman–Crippen LogP) is 3.74. The Balaban J connectivity index is 1.80. The van der Waals surface area contributed by atoms with Crippen LogP contribution < -0.4 is 4.74 Å². The molecule has 0 radical (unpaired) electrons. The average molecular weight is 308 g/mol. The molecule has 2 heterocycles. The molecule has 1 amide bonds. The van der Waals surface area contributed by atoms with Crippen LogP contribution in [-0.4, -0.2) is 22.8 Å². The van der Waals surface area contributed by atoms with Gasteiger partial charge in [-0.1, -0.05) is 18.2 Å². The SMILES string of the molecule is CN(Cc1ccco1)C(=O)c1cccnc1Oc1ccccc1. The lowest BCUT2D eigenvalue weighted by Crippen LogP contribution is -2.26. The van der Waals surface area contributed by atoms with E-state index in [1.54, 1.807) is 42.6 Å². The first-order valence-electron chi connectivity index (χ1n) is 7.20. The number of carbonyl (C=O) groups excluding carboxylic acids is 1. The summed E-state index contributed by atoms with van der Waals surface area (Å²) in [4.78, 5) is 18.4. The highest BCUT2D eigenvalue weighted by Gasteiger charge is 2.19. The van der Waals surface area contributed by atoms with Gasteiger partial charge in [-0.05, 0) is 36.4 Å². The second kappa shape index (κ2) is 6.79. The third-order valence-electron chi connectivity index (χ3n) is 3.28. The molecule has 0 saturated carbocycles. The first kappa shape index (κ1) is 14.8. The molecular formula is C18H16N2O3. The minimum atomic E-state index is -0.180. The Morgan fingerprint density at radius 2 is 1.96 bits per heavy atom. The van der Waals surface area contributed by atoms with Crippen molar-refractivity contribution in [2.24, 2.45) is 0 Å². The lowest BCUT2D eigenvalue weighted by molar-refractivity contribution is 0.0772. The zero-order valence-electron chi connectivity index (χ0n) is 12.7. The molecule has 0 saturated heterocycles. The Hall–Kier alpha value is -3.08. The summed E-state index contributed by atoms with van der Waals surface area (Å²) in [5.41, 5.74) is 0.408. The molecular weight excluding hydrogens is 292 g/mol. The van der Waals surface area contributed by atoms with E-state index in [0.29, 0.717) is 17.9 Å². The fourth-order valence-electron chi connectivity index (χ4n) is 2.15. The largest absolute Gasteiger partial charge is 0.467 e. The standard InChI is InChI=1S/C18H16N2O3/c1-20(13-15-9-6-12-22-15)18(21)16-10-5-11-19-17(16)23-14-7-3-2-4-8-14/h2-12H,13H2,1H3. The molecule has 5 heteroatoms. The summed E-state index contributed by atoms with van der Waals surface area (Å²) in [5, 5.41) is 0. The van der Waals surface area contributed by atoms with Crippen LogP contribution in [0.15, 0.2) is 71.5 Å². The minimum absolute atomic E-state index is 0.180. The van der Waals surface area contributed by atoms with Gasteiger partial charge < -0.3 is 14.1 Å². The number of hydrogen-bond donors (Lipinski definition) is 0. The molecule has 0 spiro atoms. The van der Waals surface area contributed by atoms with Crippen LogP contribution in [0.3, 0.4) is 0 Å². The van der Waals surface area contributed by atoms with Crippen molar-refractivity contribution in [3.05, 3.63) is 78.4 Å². The van der Waals surface area contributed by atoms with Crippen LogP contribution in [-0.2, 0) is 6.54 Å². The Morgan fingerprint density at radius 1 is 1.13 bits per heavy atom. The molecule has 0 aliphatic heterocycles. The van der Waals surface area contributed by atoms with Crippen molar-refractivity contribution in [1.82, 2.24) is 9.88 Å². The normalized spacial score (nSPS) is 10.3. The average Bonchev–Trinajstić information content (AvgIpc) is 3.08. The second-order valence-electron chi connectivity index (χ2n) is 5.01. The number of nitrogens with zero attached hydrogens (tertiary/aromatic N) is 2. The molecule has 0 bridgehead atoms. The van der Waals surface area contributed by atoms with E-state index in [1.165, 1.54) is 0 Å².